The fourth-order valence-corrected chi connectivity index (χ4v) is 2.09. The van der Waals surface area contributed by atoms with Crippen LogP contribution in [0.5, 0.6) is 0 Å². The molecule has 0 aliphatic rings. The molecule has 0 aliphatic heterocycles. The third-order valence-electron chi connectivity index (χ3n) is 3.21. The van der Waals surface area contributed by atoms with Crippen molar-refractivity contribution < 1.29 is 23.6 Å². The maximum atomic E-state index is 11.9. The van der Waals surface area contributed by atoms with E-state index in [9.17, 15) is 14.4 Å². The number of carbonyl (C=O) groups is 3. The monoisotopic (exact) mass is 379 g/mol. The molecule has 0 aliphatic carbocycles. The second-order valence-corrected chi connectivity index (χ2v) is 5.83. The van der Waals surface area contributed by atoms with Crippen molar-refractivity contribution in [3.8, 4) is 0 Å². The molecule has 2 amide bonds. The lowest BCUT2D eigenvalue weighted by Gasteiger charge is -2.06. The highest BCUT2D eigenvalue weighted by atomic mass is 35.5. The van der Waals surface area contributed by atoms with E-state index in [0.29, 0.717) is 29.3 Å². The number of rotatable bonds is 8. The molecule has 0 unspecified atom stereocenters. The highest BCUT2D eigenvalue weighted by Crippen LogP contribution is 2.09. The fourth-order valence-electron chi connectivity index (χ4n) is 1.96. The van der Waals surface area contributed by atoms with Crippen molar-refractivity contribution in [2.24, 2.45) is 0 Å². The average molecular weight is 380 g/mol. The predicted molar refractivity (Wildman–Crippen MR) is 93.8 cm³/mol. The van der Waals surface area contributed by atoms with E-state index in [-0.39, 0.29) is 18.1 Å². The molecule has 2 N–H and O–H groups in total. The highest BCUT2D eigenvalue weighted by Gasteiger charge is 2.10. The minimum atomic E-state index is -0.530. The minimum Gasteiger partial charge on any atom is -0.456 e. The third-order valence-corrected chi connectivity index (χ3v) is 3.46. The van der Waals surface area contributed by atoms with E-state index in [2.05, 4.69) is 15.8 Å². The smallest absolute Gasteiger partial charge is 0.306 e. The Morgan fingerprint density at radius 2 is 1.96 bits per heavy atom. The van der Waals surface area contributed by atoms with E-state index in [1.807, 2.05) is 0 Å². The minimum absolute atomic E-state index is 0.0806. The molecule has 0 fully saturated rings. The zero-order valence-corrected chi connectivity index (χ0v) is 14.8. The summed E-state index contributed by atoms with van der Waals surface area (Å²) in [6.45, 7) is 1.58. The Balaban J connectivity index is 1.59. The van der Waals surface area contributed by atoms with Gasteiger partial charge in [-0.05, 0) is 37.6 Å². The van der Waals surface area contributed by atoms with Gasteiger partial charge in [-0.1, -0.05) is 16.8 Å². The van der Waals surface area contributed by atoms with Gasteiger partial charge in [0.1, 0.15) is 5.76 Å². The largest absolute Gasteiger partial charge is 0.456 e. The first-order chi connectivity index (χ1) is 12.4. The number of benzene rings is 1. The Labute approximate surface area is 154 Å². The van der Waals surface area contributed by atoms with E-state index in [1.165, 1.54) is 0 Å². The van der Waals surface area contributed by atoms with E-state index in [1.54, 1.807) is 37.3 Å². The zero-order valence-electron chi connectivity index (χ0n) is 14.1. The normalized spacial score (nSPS) is 10.2. The van der Waals surface area contributed by atoms with Gasteiger partial charge in [-0.25, -0.2) is 0 Å². The summed E-state index contributed by atoms with van der Waals surface area (Å²) in [6, 6.07) is 8.02. The molecule has 1 heterocycles. The predicted octanol–water partition coefficient (Wildman–Crippen LogP) is 2.33. The van der Waals surface area contributed by atoms with Crippen LogP contribution in [0.25, 0.3) is 0 Å². The summed E-state index contributed by atoms with van der Waals surface area (Å²) >= 11 is 5.76. The lowest BCUT2D eigenvalue weighted by Crippen LogP contribution is -2.25. The van der Waals surface area contributed by atoms with Crippen LogP contribution in [0.3, 0.4) is 0 Å². The summed E-state index contributed by atoms with van der Waals surface area (Å²) < 4.78 is 9.65. The quantitative estimate of drug-likeness (QED) is 0.538. The molecule has 2 aromatic rings. The average Bonchev–Trinajstić information content (AvgIpc) is 3.02. The second-order valence-electron chi connectivity index (χ2n) is 5.40. The molecule has 9 heteroatoms. The molecule has 0 saturated carbocycles. The zero-order chi connectivity index (χ0) is 18.9. The van der Waals surface area contributed by atoms with Crippen molar-refractivity contribution in [2.75, 3.05) is 18.5 Å². The van der Waals surface area contributed by atoms with Crippen LogP contribution in [0.4, 0.5) is 5.82 Å². The summed E-state index contributed by atoms with van der Waals surface area (Å²) in [4.78, 5) is 35.0. The molecule has 0 spiro atoms. The van der Waals surface area contributed by atoms with Crippen LogP contribution in [-0.4, -0.2) is 36.1 Å². The van der Waals surface area contributed by atoms with Crippen LogP contribution in [0.1, 0.15) is 29.0 Å². The summed E-state index contributed by atoms with van der Waals surface area (Å²) in [7, 11) is 0. The Kier molecular flexibility index (Phi) is 7.16. The number of nitrogens with one attached hydrogen (secondary N) is 2. The van der Waals surface area contributed by atoms with E-state index < -0.39 is 18.5 Å². The lowest BCUT2D eigenvalue weighted by atomic mass is 10.2. The Morgan fingerprint density at radius 1 is 1.23 bits per heavy atom. The van der Waals surface area contributed by atoms with Gasteiger partial charge >= 0.3 is 5.97 Å². The van der Waals surface area contributed by atoms with Crippen LogP contribution in [0.15, 0.2) is 34.9 Å². The Hall–Kier alpha value is -2.87. The number of nitrogens with zero attached hydrogens (tertiary/aromatic N) is 1. The Morgan fingerprint density at radius 3 is 2.62 bits per heavy atom. The lowest BCUT2D eigenvalue weighted by molar-refractivity contribution is -0.147. The number of hydrogen-bond acceptors (Lipinski definition) is 6. The molecular formula is C17H18ClN3O5. The summed E-state index contributed by atoms with van der Waals surface area (Å²) in [5.74, 6) is -0.483. The maximum absolute atomic E-state index is 11.9. The molecule has 1 aromatic carbocycles. The number of halogens is 1. The first-order valence-corrected chi connectivity index (χ1v) is 8.24. The van der Waals surface area contributed by atoms with Crippen molar-refractivity contribution in [1.29, 1.82) is 0 Å². The van der Waals surface area contributed by atoms with Gasteiger partial charge in [0.05, 0.1) is 0 Å². The van der Waals surface area contributed by atoms with Crippen LogP contribution >= 0.6 is 11.6 Å². The van der Waals surface area contributed by atoms with Crippen LogP contribution in [0, 0.1) is 6.92 Å². The first kappa shape index (κ1) is 19.5. The van der Waals surface area contributed by atoms with Crippen molar-refractivity contribution in [1.82, 2.24) is 10.5 Å². The molecule has 2 rings (SSSR count). The third kappa shape index (κ3) is 6.56. The topological polar surface area (TPSA) is 111 Å². The molecular weight excluding hydrogens is 362 g/mol. The molecule has 26 heavy (non-hydrogen) atoms. The van der Waals surface area contributed by atoms with E-state index in [0.717, 1.165) is 0 Å². The number of carbonyl (C=O) groups excluding carboxylic acids is 3. The van der Waals surface area contributed by atoms with Crippen molar-refractivity contribution in [3.63, 3.8) is 0 Å². The van der Waals surface area contributed by atoms with Crippen molar-refractivity contribution in [2.45, 2.75) is 19.8 Å². The molecule has 138 valence electrons. The van der Waals surface area contributed by atoms with Crippen LogP contribution in [-0.2, 0) is 14.3 Å². The SMILES string of the molecule is Cc1cc(NC(=O)COC(=O)CCCNC(=O)c2ccc(Cl)cc2)no1. The summed E-state index contributed by atoms with van der Waals surface area (Å²) in [5, 5.41) is 9.26. The molecule has 0 atom stereocenters. The van der Waals surface area contributed by atoms with E-state index in [4.69, 9.17) is 20.9 Å². The number of esters is 1. The van der Waals surface area contributed by atoms with Gasteiger partial charge in [0.25, 0.3) is 11.8 Å². The van der Waals surface area contributed by atoms with Gasteiger partial charge in [-0.15, -0.1) is 0 Å². The van der Waals surface area contributed by atoms with Crippen LogP contribution < -0.4 is 10.6 Å². The van der Waals surface area contributed by atoms with Crippen molar-refractivity contribution >= 4 is 35.2 Å². The number of ether oxygens (including phenoxy) is 1. The van der Waals surface area contributed by atoms with Gasteiger partial charge < -0.3 is 19.9 Å². The Bertz CT molecular complexity index is 773. The molecule has 8 nitrogen and oxygen atoms in total. The molecule has 0 saturated heterocycles. The first-order valence-electron chi connectivity index (χ1n) is 7.86. The number of aryl methyl sites for hydroxylation is 1. The van der Waals surface area contributed by atoms with Crippen LogP contribution in [0.2, 0.25) is 5.02 Å². The summed E-state index contributed by atoms with van der Waals surface area (Å²) in [5.41, 5.74) is 0.483. The number of aromatic nitrogens is 1. The standard InChI is InChI=1S/C17H18ClN3O5/c1-11-9-14(21-26-11)20-15(22)10-25-16(23)3-2-8-19-17(24)12-4-6-13(18)7-5-12/h4-7,9H,2-3,8,10H2,1H3,(H,19,24)(H,20,21,22). The van der Waals surface area contributed by atoms with Gasteiger partial charge in [-0.2, -0.15) is 0 Å². The van der Waals surface area contributed by atoms with Gasteiger partial charge in [0.2, 0.25) is 0 Å². The number of hydrogen-bond donors (Lipinski definition) is 2. The maximum Gasteiger partial charge on any atom is 0.306 e. The number of anilines is 1. The highest BCUT2D eigenvalue weighted by molar-refractivity contribution is 6.30. The van der Waals surface area contributed by atoms with Gasteiger partial charge in [0, 0.05) is 29.6 Å². The molecule has 0 bridgehead atoms. The van der Waals surface area contributed by atoms with Crippen molar-refractivity contribution in [3.05, 3.63) is 46.7 Å². The number of amides is 2. The fraction of sp³-hybridized carbons (Fsp3) is 0.294. The molecule has 1 aromatic heterocycles. The van der Waals surface area contributed by atoms with E-state index >= 15 is 0 Å². The second kappa shape index (κ2) is 9.57. The summed E-state index contributed by atoms with van der Waals surface area (Å²) in [6.07, 6.45) is 0.472. The van der Waals surface area contributed by atoms with Gasteiger partial charge in [-0.3, -0.25) is 14.4 Å². The van der Waals surface area contributed by atoms with Gasteiger partial charge in [0.15, 0.2) is 12.4 Å². The molecule has 0 radical (unpaired) electrons.